The Labute approximate surface area is 121 Å². The van der Waals surface area contributed by atoms with Crippen molar-refractivity contribution in [2.24, 2.45) is 0 Å². The van der Waals surface area contributed by atoms with Gasteiger partial charge in [0.15, 0.2) is 0 Å². The topological polar surface area (TPSA) is 69.2 Å². The summed E-state index contributed by atoms with van der Waals surface area (Å²) >= 11 is 1.40. The molecule has 4 nitrogen and oxygen atoms in total. The van der Waals surface area contributed by atoms with Crippen LogP contribution in [0.15, 0.2) is 46.2 Å². The first-order chi connectivity index (χ1) is 9.65. The van der Waals surface area contributed by atoms with Crippen molar-refractivity contribution in [2.45, 2.75) is 29.1 Å². The molecule has 0 radical (unpaired) electrons. The van der Waals surface area contributed by atoms with E-state index < -0.39 is 4.92 Å². The van der Waals surface area contributed by atoms with Crippen LogP contribution in [0.4, 0.5) is 11.4 Å². The summed E-state index contributed by atoms with van der Waals surface area (Å²) in [6.45, 7) is 0. The van der Waals surface area contributed by atoms with Crippen molar-refractivity contribution in [3.8, 4) is 0 Å². The smallest absolute Gasteiger partial charge is 0.305 e. The Kier molecular flexibility index (Phi) is 3.36. The number of benzene rings is 2. The third-order valence-corrected chi connectivity index (χ3v) is 4.55. The van der Waals surface area contributed by atoms with Gasteiger partial charge in [0, 0.05) is 4.90 Å². The third-order valence-electron chi connectivity index (χ3n) is 3.51. The van der Waals surface area contributed by atoms with E-state index in [4.69, 9.17) is 5.73 Å². The van der Waals surface area contributed by atoms with E-state index in [0.717, 1.165) is 17.7 Å². The summed E-state index contributed by atoms with van der Waals surface area (Å²) in [7, 11) is 0. The molecule has 0 atom stereocenters. The molecular weight excluding hydrogens is 272 g/mol. The molecule has 0 aromatic heterocycles. The minimum Gasteiger partial charge on any atom is -0.393 e. The summed E-state index contributed by atoms with van der Waals surface area (Å²) in [5.74, 6) is 0. The standard InChI is InChI=1S/C15H14N2O2S/c16-13-5-2-6-14(15(13)17(18)19)20-12-8-7-10-3-1-4-11(10)9-12/h2,5-9H,1,3-4,16H2. The maximum atomic E-state index is 11.1. The zero-order valence-corrected chi connectivity index (χ0v) is 11.7. The molecule has 2 N–H and O–H groups in total. The number of anilines is 1. The van der Waals surface area contributed by atoms with Gasteiger partial charge in [0.2, 0.25) is 0 Å². The number of nitrogens with two attached hydrogens (primary N) is 1. The van der Waals surface area contributed by atoms with E-state index in [-0.39, 0.29) is 11.4 Å². The maximum Gasteiger partial charge on any atom is 0.305 e. The lowest BCUT2D eigenvalue weighted by Gasteiger charge is -2.06. The summed E-state index contributed by atoms with van der Waals surface area (Å²) in [4.78, 5) is 12.3. The van der Waals surface area contributed by atoms with Crippen molar-refractivity contribution in [3.05, 3.63) is 57.6 Å². The normalized spacial score (nSPS) is 13.2. The van der Waals surface area contributed by atoms with Crippen LogP contribution in [-0.4, -0.2) is 4.92 Å². The summed E-state index contributed by atoms with van der Waals surface area (Å²) in [6.07, 6.45) is 3.43. The Bertz CT molecular complexity index is 686. The van der Waals surface area contributed by atoms with Gasteiger partial charge in [0.25, 0.3) is 0 Å². The molecule has 0 bridgehead atoms. The van der Waals surface area contributed by atoms with Gasteiger partial charge in [-0.05, 0) is 54.7 Å². The van der Waals surface area contributed by atoms with Crippen molar-refractivity contribution < 1.29 is 4.92 Å². The van der Waals surface area contributed by atoms with Crippen LogP contribution in [-0.2, 0) is 12.8 Å². The highest BCUT2D eigenvalue weighted by molar-refractivity contribution is 7.99. The average molecular weight is 286 g/mol. The van der Waals surface area contributed by atoms with E-state index in [2.05, 4.69) is 12.1 Å². The summed E-state index contributed by atoms with van der Waals surface area (Å²) < 4.78 is 0. The Balaban J connectivity index is 1.95. The van der Waals surface area contributed by atoms with E-state index in [9.17, 15) is 10.1 Å². The monoisotopic (exact) mass is 286 g/mol. The maximum absolute atomic E-state index is 11.1. The number of aryl methyl sites for hydroxylation is 2. The highest BCUT2D eigenvalue weighted by atomic mass is 32.2. The van der Waals surface area contributed by atoms with Crippen molar-refractivity contribution in [1.82, 2.24) is 0 Å². The van der Waals surface area contributed by atoms with Gasteiger partial charge in [-0.15, -0.1) is 0 Å². The van der Waals surface area contributed by atoms with Gasteiger partial charge in [-0.3, -0.25) is 10.1 Å². The molecule has 0 saturated carbocycles. The van der Waals surface area contributed by atoms with E-state index >= 15 is 0 Å². The van der Waals surface area contributed by atoms with Crippen LogP contribution >= 0.6 is 11.8 Å². The fourth-order valence-electron chi connectivity index (χ4n) is 2.56. The molecule has 2 aromatic rings. The van der Waals surface area contributed by atoms with Crippen LogP contribution in [0.25, 0.3) is 0 Å². The minimum atomic E-state index is -0.412. The quantitative estimate of drug-likeness (QED) is 0.529. The number of nitro groups is 1. The Hall–Kier alpha value is -2.01. The molecule has 1 aliphatic rings. The van der Waals surface area contributed by atoms with Crippen molar-refractivity contribution in [3.63, 3.8) is 0 Å². The van der Waals surface area contributed by atoms with Gasteiger partial charge in [0.05, 0.1) is 9.82 Å². The Morgan fingerprint density at radius 3 is 2.75 bits per heavy atom. The molecule has 102 valence electrons. The van der Waals surface area contributed by atoms with E-state index in [0.29, 0.717) is 4.90 Å². The molecule has 5 heteroatoms. The SMILES string of the molecule is Nc1cccc(Sc2ccc3c(c2)CCC3)c1[N+](=O)[O-]. The van der Waals surface area contributed by atoms with Crippen molar-refractivity contribution in [1.29, 1.82) is 0 Å². The lowest BCUT2D eigenvalue weighted by molar-refractivity contribution is -0.386. The van der Waals surface area contributed by atoms with Crippen LogP contribution in [0.2, 0.25) is 0 Å². The first-order valence-corrected chi connectivity index (χ1v) is 7.29. The van der Waals surface area contributed by atoms with E-state index in [1.165, 1.54) is 29.3 Å². The molecule has 0 heterocycles. The van der Waals surface area contributed by atoms with Gasteiger partial charge >= 0.3 is 5.69 Å². The number of rotatable bonds is 3. The van der Waals surface area contributed by atoms with Crippen LogP contribution < -0.4 is 5.73 Å². The second kappa shape index (κ2) is 5.17. The fourth-order valence-corrected chi connectivity index (χ4v) is 3.58. The summed E-state index contributed by atoms with van der Waals surface area (Å²) in [6, 6.07) is 11.3. The number of nitrogen functional groups attached to an aromatic ring is 1. The Morgan fingerprint density at radius 2 is 1.95 bits per heavy atom. The van der Waals surface area contributed by atoms with Crippen LogP contribution in [0, 0.1) is 10.1 Å². The first kappa shape index (κ1) is 13.0. The van der Waals surface area contributed by atoms with Gasteiger partial charge < -0.3 is 5.73 Å². The van der Waals surface area contributed by atoms with Crippen molar-refractivity contribution in [2.75, 3.05) is 5.73 Å². The predicted molar refractivity (Wildman–Crippen MR) is 80.1 cm³/mol. The van der Waals surface area contributed by atoms with Gasteiger partial charge in [-0.25, -0.2) is 0 Å². The molecule has 0 fully saturated rings. The molecular formula is C15H14N2O2S. The highest BCUT2D eigenvalue weighted by Crippen LogP contribution is 2.39. The number of fused-ring (bicyclic) bond motifs is 1. The summed E-state index contributed by atoms with van der Waals surface area (Å²) in [5, 5.41) is 11.1. The third kappa shape index (κ3) is 2.36. The molecule has 0 spiro atoms. The zero-order chi connectivity index (χ0) is 14.1. The molecule has 3 rings (SSSR count). The predicted octanol–water partition coefficient (Wildman–Crippen LogP) is 3.82. The molecule has 20 heavy (non-hydrogen) atoms. The first-order valence-electron chi connectivity index (χ1n) is 6.47. The van der Waals surface area contributed by atoms with Crippen LogP contribution in [0.3, 0.4) is 0 Å². The number of para-hydroxylation sites is 1. The zero-order valence-electron chi connectivity index (χ0n) is 10.8. The number of nitro benzene ring substituents is 1. The molecule has 0 saturated heterocycles. The lowest BCUT2D eigenvalue weighted by atomic mass is 10.1. The molecule has 2 aromatic carbocycles. The minimum absolute atomic E-state index is 0.00185. The molecule has 1 aliphatic carbocycles. The van der Waals surface area contributed by atoms with Gasteiger partial charge in [-0.2, -0.15) is 0 Å². The van der Waals surface area contributed by atoms with Crippen LogP contribution in [0.5, 0.6) is 0 Å². The summed E-state index contributed by atoms with van der Waals surface area (Å²) in [5.41, 5.74) is 8.68. The number of nitrogens with zero attached hydrogens (tertiary/aromatic N) is 1. The van der Waals surface area contributed by atoms with Gasteiger partial charge in [-0.1, -0.05) is 23.9 Å². The fraction of sp³-hybridized carbons (Fsp3) is 0.200. The molecule has 0 aliphatic heterocycles. The van der Waals surface area contributed by atoms with Crippen molar-refractivity contribution >= 4 is 23.1 Å². The highest BCUT2D eigenvalue weighted by Gasteiger charge is 2.19. The van der Waals surface area contributed by atoms with E-state index in [1.807, 2.05) is 6.07 Å². The second-order valence-electron chi connectivity index (χ2n) is 4.84. The average Bonchev–Trinajstić information content (AvgIpc) is 2.85. The van der Waals surface area contributed by atoms with Gasteiger partial charge in [0.1, 0.15) is 5.69 Å². The molecule has 0 unspecified atom stereocenters. The number of hydrogen-bond donors (Lipinski definition) is 1. The second-order valence-corrected chi connectivity index (χ2v) is 5.95. The largest absolute Gasteiger partial charge is 0.393 e. The lowest BCUT2D eigenvalue weighted by Crippen LogP contribution is -1.97. The van der Waals surface area contributed by atoms with Crippen LogP contribution in [0.1, 0.15) is 17.5 Å². The number of hydrogen-bond acceptors (Lipinski definition) is 4. The molecule has 0 amide bonds. The Morgan fingerprint density at radius 1 is 1.15 bits per heavy atom. The van der Waals surface area contributed by atoms with E-state index in [1.54, 1.807) is 18.2 Å².